The summed E-state index contributed by atoms with van der Waals surface area (Å²) in [6, 6.07) is 7.04. The topological polar surface area (TPSA) is 72.8 Å². The molecule has 1 rings (SSSR count). The minimum absolute atomic E-state index is 0.124. The van der Waals surface area contributed by atoms with Gasteiger partial charge in [-0.15, -0.1) is 0 Å². The van der Waals surface area contributed by atoms with E-state index >= 15 is 0 Å². The van der Waals surface area contributed by atoms with Crippen LogP contribution in [0, 0.1) is 12.8 Å². The summed E-state index contributed by atoms with van der Waals surface area (Å²) in [6.07, 6.45) is 0. The Morgan fingerprint density at radius 3 is 2.05 bits per heavy atom. The first-order valence-electron chi connectivity index (χ1n) is 6.98. The van der Waals surface area contributed by atoms with Gasteiger partial charge in [0.15, 0.2) is 5.92 Å². The highest BCUT2D eigenvalue weighted by Gasteiger charge is 2.47. The fraction of sp³-hybridized carbons (Fsp3) is 0.500. The highest BCUT2D eigenvalue weighted by molar-refractivity contribution is 5.96. The van der Waals surface area contributed by atoms with Crippen LogP contribution in [0.4, 0.5) is 0 Å². The molecule has 0 saturated heterocycles. The van der Waals surface area contributed by atoms with Gasteiger partial charge in [-0.05, 0) is 38.8 Å². The zero-order chi connectivity index (χ0) is 16.0. The summed E-state index contributed by atoms with van der Waals surface area (Å²) >= 11 is 0. The molecule has 21 heavy (non-hydrogen) atoms. The van der Waals surface area contributed by atoms with Crippen molar-refractivity contribution in [1.82, 2.24) is 0 Å². The van der Waals surface area contributed by atoms with E-state index in [0.29, 0.717) is 5.56 Å². The lowest BCUT2D eigenvalue weighted by Gasteiger charge is -2.31. The molecule has 0 aliphatic rings. The van der Waals surface area contributed by atoms with Crippen molar-refractivity contribution in [3.05, 3.63) is 35.4 Å². The minimum atomic E-state index is -1.70. The highest BCUT2D eigenvalue weighted by Crippen LogP contribution is 2.33. The molecular weight excluding hydrogens is 272 g/mol. The second-order valence-electron chi connectivity index (χ2n) is 4.90. The molecule has 0 saturated carbocycles. The summed E-state index contributed by atoms with van der Waals surface area (Å²) in [5, 5.41) is 10.8. The molecule has 0 fully saturated rings. The van der Waals surface area contributed by atoms with Gasteiger partial charge in [0, 0.05) is 0 Å². The van der Waals surface area contributed by atoms with Crippen LogP contribution >= 0.6 is 0 Å². The van der Waals surface area contributed by atoms with Gasteiger partial charge in [-0.3, -0.25) is 9.59 Å². The number of aliphatic hydroxyl groups is 1. The number of carbonyl (C=O) groups excluding carboxylic acids is 2. The van der Waals surface area contributed by atoms with Crippen molar-refractivity contribution in [2.24, 2.45) is 5.92 Å². The van der Waals surface area contributed by atoms with Crippen LogP contribution in [0.25, 0.3) is 0 Å². The Hall–Kier alpha value is -1.88. The number of ether oxygens (including phenoxy) is 2. The summed E-state index contributed by atoms with van der Waals surface area (Å²) in [7, 11) is 0. The van der Waals surface area contributed by atoms with E-state index in [9.17, 15) is 14.7 Å². The van der Waals surface area contributed by atoms with Gasteiger partial charge in [-0.1, -0.05) is 24.3 Å². The van der Waals surface area contributed by atoms with Gasteiger partial charge in [0.1, 0.15) is 5.60 Å². The SMILES string of the molecule is CCOC(=O)C(C(=O)OCC)C(C)(O)c1ccccc1C. The molecule has 0 aliphatic carbocycles. The molecule has 1 unspecified atom stereocenters. The van der Waals surface area contributed by atoms with Crippen LogP contribution in [0.1, 0.15) is 31.9 Å². The minimum Gasteiger partial charge on any atom is -0.465 e. The van der Waals surface area contributed by atoms with Gasteiger partial charge in [-0.2, -0.15) is 0 Å². The van der Waals surface area contributed by atoms with Crippen molar-refractivity contribution >= 4 is 11.9 Å². The third-order valence-corrected chi connectivity index (χ3v) is 3.30. The third-order valence-electron chi connectivity index (χ3n) is 3.30. The molecule has 5 nitrogen and oxygen atoms in total. The smallest absolute Gasteiger partial charge is 0.323 e. The second-order valence-corrected chi connectivity index (χ2v) is 4.90. The zero-order valence-corrected chi connectivity index (χ0v) is 12.9. The summed E-state index contributed by atoms with van der Waals surface area (Å²) in [5.74, 6) is -2.99. The average Bonchev–Trinajstić information content (AvgIpc) is 2.39. The van der Waals surface area contributed by atoms with E-state index in [0.717, 1.165) is 5.56 Å². The van der Waals surface area contributed by atoms with Gasteiger partial charge >= 0.3 is 11.9 Å². The summed E-state index contributed by atoms with van der Waals surface area (Å²) in [5.41, 5.74) is -0.429. The van der Waals surface area contributed by atoms with Crippen LogP contribution in [-0.2, 0) is 24.7 Å². The zero-order valence-electron chi connectivity index (χ0n) is 12.9. The van der Waals surface area contributed by atoms with Crippen molar-refractivity contribution in [2.45, 2.75) is 33.3 Å². The summed E-state index contributed by atoms with van der Waals surface area (Å²) in [6.45, 7) is 6.76. The van der Waals surface area contributed by atoms with E-state index in [1.807, 2.05) is 6.07 Å². The normalized spacial score (nSPS) is 13.6. The highest BCUT2D eigenvalue weighted by atomic mass is 16.6. The summed E-state index contributed by atoms with van der Waals surface area (Å²) in [4.78, 5) is 24.2. The van der Waals surface area contributed by atoms with Crippen LogP contribution in [0.3, 0.4) is 0 Å². The molecule has 0 radical (unpaired) electrons. The fourth-order valence-corrected chi connectivity index (χ4v) is 2.30. The predicted molar refractivity (Wildman–Crippen MR) is 77.5 cm³/mol. The molecule has 0 spiro atoms. The number of hydrogen-bond acceptors (Lipinski definition) is 5. The van der Waals surface area contributed by atoms with Crippen molar-refractivity contribution in [3.8, 4) is 0 Å². The molecule has 0 aromatic heterocycles. The van der Waals surface area contributed by atoms with Crippen molar-refractivity contribution in [1.29, 1.82) is 0 Å². The monoisotopic (exact) mass is 294 g/mol. The molecule has 1 aromatic rings. The van der Waals surface area contributed by atoms with Gasteiger partial charge in [0.05, 0.1) is 13.2 Å². The van der Waals surface area contributed by atoms with Crippen LogP contribution in [0.2, 0.25) is 0 Å². The molecule has 0 bridgehead atoms. The molecule has 0 amide bonds. The summed E-state index contributed by atoms with van der Waals surface area (Å²) < 4.78 is 9.84. The predicted octanol–water partition coefficient (Wildman–Crippen LogP) is 1.94. The van der Waals surface area contributed by atoms with Crippen LogP contribution in [-0.4, -0.2) is 30.3 Å². The van der Waals surface area contributed by atoms with E-state index in [1.165, 1.54) is 6.92 Å². The van der Waals surface area contributed by atoms with E-state index in [2.05, 4.69) is 0 Å². The first kappa shape index (κ1) is 17.2. The van der Waals surface area contributed by atoms with Gasteiger partial charge in [0.25, 0.3) is 0 Å². The average molecular weight is 294 g/mol. The molecule has 116 valence electrons. The van der Waals surface area contributed by atoms with Crippen molar-refractivity contribution in [3.63, 3.8) is 0 Å². The lowest BCUT2D eigenvalue weighted by molar-refractivity contribution is -0.174. The Morgan fingerprint density at radius 1 is 1.14 bits per heavy atom. The lowest BCUT2D eigenvalue weighted by Crippen LogP contribution is -2.44. The van der Waals surface area contributed by atoms with E-state index in [-0.39, 0.29) is 13.2 Å². The maximum Gasteiger partial charge on any atom is 0.323 e. The van der Waals surface area contributed by atoms with Crippen LogP contribution in [0.5, 0.6) is 0 Å². The van der Waals surface area contributed by atoms with Gasteiger partial charge in [-0.25, -0.2) is 0 Å². The third kappa shape index (κ3) is 3.82. The number of carbonyl (C=O) groups is 2. The molecule has 1 N–H and O–H groups in total. The van der Waals surface area contributed by atoms with Crippen molar-refractivity contribution < 1.29 is 24.2 Å². The lowest BCUT2D eigenvalue weighted by atomic mass is 9.80. The largest absolute Gasteiger partial charge is 0.465 e. The fourth-order valence-electron chi connectivity index (χ4n) is 2.30. The Labute approximate surface area is 124 Å². The molecule has 5 heteroatoms. The number of aryl methyl sites for hydroxylation is 1. The number of esters is 2. The maximum atomic E-state index is 12.1. The Morgan fingerprint density at radius 2 is 1.62 bits per heavy atom. The molecule has 0 aliphatic heterocycles. The van der Waals surface area contributed by atoms with E-state index < -0.39 is 23.5 Å². The first-order valence-corrected chi connectivity index (χ1v) is 6.98. The van der Waals surface area contributed by atoms with Crippen LogP contribution in [0.15, 0.2) is 24.3 Å². The molecule has 1 aromatic carbocycles. The van der Waals surface area contributed by atoms with E-state index in [1.54, 1.807) is 39.0 Å². The Balaban J connectivity index is 3.26. The van der Waals surface area contributed by atoms with Crippen molar-refractivity contribution in [2.75, 3.05) is 13.2 Å². The number of rotatable bonds is 6. The number of benzene rings is 1. The quantitative estimate of drug-likeness (QED) is 0.641. The maximum absolute atomic E-state index is 12.1. The number of hydrogen-bond donors (Lipinski definition) is 1. The molecule has 1 atom stereocenters. The first-order chi connectivity index (χ1) is 9.86. The molecule has 0 heterocycles. The standard InChI is InChI=1S/C16H22O5/c1-5-20-14(17)13(15(18)21-6-2)16(4,19)12-10-8-7-9-11(12)3/h7-10,13,19H,5-6H2,1-4H3. The second kappa shape index (κ2) is 7.22. The Bertz CT molecular complexity index is 489. The van der Waals surface area contributed by atoms with Gasteiger partial charge < -0.3 is 14.6 Å². The molecular formula is C16H22O5. The Kier molecular flexibility index (Phi) is 5.90. The van der Waals surface area contributed by atoms with Crippen LogP contribution < -0.4 is 0 Å². The van der Waals surface area contributed by atoms with Gasteiger partial charge in [0.2, 0.25) is 0 Å². The van der Waals surface area contributed by atoms with E-state index in [4.69, 9.17) is 9.47 Å².